The van der Waals surface area contributed by atoms with Gasteiger partial charge in [-0.25, -0.2) is 8.78 Å². The number of carbonyl (C=O) groups excluding carboxylic acids is 1. The molecule has 9 heteroatoms. The number of carboxylic acids is 1. The summed E-state index contributed by atoms with van der Waals surface area (Å²) in [7, 11) is 0. The van der Waals surface area contributed by atoms with E-state index in [0.717, 1.165) is 0 Å². The first kappa shape index (κ1) is 25.9. The maximum Gasteiger partial charge on any atom is 0.142 e. The Kier molecular flexibility index (Phi) is 8.85. The van der Waals surface area contributed by atoms with Crippen LogP contribution >= 0.6 is 23.2 Å². The Morgan fingerprint density at radius 2 is 1.44 bits per heavy atom. The summed E-state index contributed by atoms with van der Waals surface area (Å²) in [6.07, 6.45) is -3.39. The number of carbonyl (C=O) groups is 1. The molecular weight excluding hydrogens is 489 g/mol. The summed E-state index contributed by atoms with van der Waals surface area (Å²) in [5, 5.41) is 31.0. The van der Waals surface area contributed by atoms with Crippen LogP contribution in [0.3, 0.4) is 0 Å². The highest BCUT2D eigenvalue weighted by atomic mass is 35.5. The van der Waals surface area contributed by atoms with Crippen molar-refractivity contribution in [1.82, 2.24) is 0 Å². The molecule has 3 aromatic rings. The van der Waals surface area contributed by atoms with Gasteiger partial charge in [-0.1, -0.05) is 47.5 Å². The van der Waals surface area contributed by atoms with E-state index in [1.807, 2.05) is 0 Å². The van der Waals surface area contributed by atoms with Gasteiger partial charge in [-0.3, -0.25) is 0 Å². The Morgan fingerprint density at radius 1 is 0.912 bits per heavy atom. The molecule has 1 unspecified atom stereocenters. The van der Waals surface area contributed by atoms with Gasteiger partial charge in [-0.15, -0.1) is 0 Å². The summed E-state index contributed by atoms with van der Waals surface area (Å²) in [6, 6.07) is 14.5. The van der Waals surface area contributed by atoms with E-state index < -0.39 is 42.2 Å². The molecule has 0 spiro atoms. The number of hydrogen-bond acceptors (Lipinski definition) is 5. The minimum absolute atomic E-state index is 0.138. The van der Waals surface area contributed by atoms with Crippen molar-refractivity contribution in [2.24, 2.45) is 0 Å². The zero-order valence-corrected chi connectivity index (χ0v) is 19.3. The number of aliphatic hydroxyl groups is 2. The van der Waals surface area contributed by atoms with Crippen molar-refractivity contribution in [3.8, 4) is 5.75 Å². The first-order valence-electron chi connectivity index (χ1n) is 10.3. The molecule has 0 fully saturated rings. The Morgan fingerprint density at radius 3 is 1.94 bits per heavy atom. The Hall–Kier alpha value is -2.71. The van der Waals surface area contributed by atoms with Gasteiger partial charge >= 0.3 is 0 Å². The van der Waals surface area contributed by atoms with E-state index in [1.54, 1.807) is 30.3 Å². The molecule has 3 rings (SSSR count). The smallest absolute Gasteiger partial charge is 0.142 e. The summed E-state index contributed by atoms with van der Waals surface area (Å²) in [6.45, 7) is -0.308. The van der Waals surface area contributed by atoms with Crippen LogP contribution in [0, 0.1) is 11.6 Å². The first-order valence-corrected chi connectivity index (χ1v) is 11.1. The largest absolute Gasteiger partial charge is 0.550 e. The maximum atomic E-state index is 13.6. The average Bonchev–Trinajstić information content (AvgIpc) is 2.75. The molecular formula is C25H21Cl2F2O5-. The molecule has 34 heavy (non-hydrogen) atoms. The summed E-state index contributed by atoms with van der Waals surface area (Å²) in [5.41, 5.74) is 1.79. The number of ether oxygens (including phenoxy) is 1. The molecule has 180 valence electrons. The molecule has 0 saturated carbocycles. The van der Waals surface area contributed by atoms with E-state index in [2.05, 4.69) is 0 Å². The highest BCUT2D eigenvalue weighted by Gasteiger charge is 2.25. The third-order valence-corrected chi connectivity index (χ3v) is 5.62. The van der Waals surface area contributed by atoms with Gasteiger partial charge in [0.05, 0.1) is 17.2 Å². The number of hydrogen-bond donors (Lipinski definition) is 2. The molecule has 0 aliphatic carbocycles. The predicted molar refractivity (Wildman–Crippen MR) is 122 cm³/mol. The van der Waals surface area contributed by atoms with Crippen LogP contribution in [-0.2, 0) is 4.79 Å². The molecule has 2 N–H and O–H groups in total. The maximum absolute atomic E-state index is 13.6. The molecule has 2 atom stereocenters. The quantitative estimate of drug-likeness (QED) is 0.402. The van der Waals surface area contributed by atoms with Crippen molar-refractivity contribution in [3.05, 3.63) is 99.0 Å². The molecule has 0 aliphatic heterocycles. The van der Waals surface area contributed by atoms with Crippen molar-refractivity contribution in [2.45, 2.75) is 31.0 Å². The summed E-state index contributed by atoms with van der Waals surface area (Å²) in [5.74, 6) is -2.70. The standard InChI is InChI=1S/C25H22Cl2F2O5/c26-16-9-21(25(22(27)10-16)34-13-20(31)11-19(30)12-23(32)33)24(14-1-5-17(28)6-2-14)15-3-7-18(29)8-4-15/h1-10,19-20,24,30-31H,11-13H2,(H,32,33)/p-1/t19-,20?/m1/s1. The molecule has 0 aromatic heterocycles. The highest BCUT2D eigenvalue weighted by molar-refractivity contribution is 6.35. The van der Waals surface area contributed by atoms with Crippen LogP contribution in [0.1, 0.15) is 35.4 Å². The van der Waals surface area contributed by atoms with Crippen LogP contribution in [0.4, 0.5) is 8.78 Å². The third kappa shape index (κ3) is 6.90. The van der Waals surface area contributed by atoms with Crippen molar-refractivity contribution < 1.29 is 33.6 Å². The number of aliphatic hydroxyl groups excluding tert-OH is 2. The molecule has 0 heterocycles. The number of carboxylic acid groups (broad SMARTS) is 1. The number of halogens is 4. The van der Waals surface area contributed by atoms with Crippen molar-refractivity contribution in [3.63, 3.8) is 0 Å². The predicted octanol–water partition coefficient (Wildman–Crippen LogP) is 4.08. The van der Waals surface area contributed by atoms with Gasteiger partial charge in [0.1, 0.15) is 24.0 Å². The Bertz CT molecular complexity index is 1080. The third-order valence-electron chi connectivity index (χ3n) is 5.12. The fraction of sp³-hybridized carbons (Fsp3) is 0.240. The number of benzene rings is 3. The van der Waals surface area contributed by atoms with Crippen LogP contribution < -0.4 is 9.84 Å². The SMILES string of the molecule is O=C([O-])C[C@H](O)CC(O)COc1c(Cl)cc(Cl)cc1C(c1ccc(F)cc1)c1ccc(F)cc1. The fourth-order valence-electron chi connectivity index (χ4n) is 3.65. The van der Waals surface area contributed by atoms with Gasteiger partial charge in [0.15, 0.2) is 0 Å². The minimum Gasteiger partial charge on any atom is -0.550 e. The fourth-order valence-corrected chi connectivity index (χ4v) is 4.21. The first-order chi connectivity index (χ1) is 16.1. The summed E-state index contributed by atoms with van der Waals surface area (Å²) in [4.78, 5) is 10.6. The number of rotatable bonds is 10. The summed E-state index contributed by atoms with van der Waals surface area (Å²) < 4.78 is 33.0. The minimum atomic E-state index is -1.44. The van der Waals surface area contributed by atoms with Gasteiger partial charge in [0.25, 0.3) is 0 Å². The van der Waals surface area contributed by atoms with E-state index in [0.29, 0.717) is 21.7 Å². The molecule has 0 bridgehead atoms. The lowest BCUT2D eigenvalue weighted by molar-refractivity contribution is -0.307. The monoisotopic (exact) mass is 509 g/mol. The topological polar surface area (TPSA) is 89.8 Å². The van der Waals surface area contributed by atoms with E-state index in [-0.39, 0.29) is 23.8 Å². The molecule has 0 aliphatic rings. The van der Waals surface area contributed by atoms with E-state index in [1.165, 1.54) is 30.3 Å². The van der Waals surface area contributed by atoms with Crippen LogP contribution in [-0.4, -0.2) is 35.0 Å². The lowest BCUT2D eigenvalue weighted by Crippen LogP contribution is -2.31. The van der Waals surface area contributed by atoms with Crippen LogP contribution in [0.25, 0.3) is 0 Å². The van der Waals surface area contributed by atoms with Crippen molar-refractivity contribution in [2.75, 3.05) is 6.61 Å². The molecule has 0 radical (unpaired) electrons. The summed E-state index contributed by atoms with van der Waals surface area (Å²) >= 11 is 12.7. The molecule has 0 saturated heterocycles. The zero-order chi connectivity index (χ0) is 24.8. The van der Waals surface area contributed by atoms with Gasteiger partial charge in [0, 0.05) is 35.3 Å². The van der Waals surface area contributed by atoms with E-state index >= 15 is 0 Å². The average molecular weight is 510 g/mol. The van der Waals surface area contributed by atoms with Crippen molar-refractivity contribution in [1.29, 1.82) is 0 Å². The zero-order valence-electron chi connectivity index (χ0n) is 17.8. The second-order valence-electron chi connectivity index (χ2n) is 7.77. The second kappa shape index (κ2) is 11.6. The Labute approximate surface area is 205 Å². The molecule has 0 amide bonds. The normalized spacial score (nSPS) is 13.0. The van der Waals surface area contributed by atoms with Gasteiger partial charge in [-0.2, -0.15) is 0 Å². The van der Waals surface area contributed by atoms with Gasteiger partial charge < -0.3 is 24.9 Å². The molecule has 5 nitrogen and oxygen atoms in total. The lowest BCUT2D eigenvalue weighted by atomic mass is 9.84. The van der Waals surface area contributed by atoms with Gasteiger partial charge in [0.2, 0.25) is 0 Å². The second-order valence-corrected chi connectivity index (χ2v) is 8.62. The highest BCUT2D eigenvalue weighted by Crippen LogP contribution is 2.42. The Balaban J connectivity index is 1.98. The van der Waals surface area contributed by atoms with E-state index in [4.69, 9.17) is 27.9 Å². The van der Waals surface area contributed by atoms with Gasteiger partial charge in [-0.05, 0) is 47.5 Å². The van der Waals surface area contributed by atoms with Crippen LogP contribution in [0.15, 0.2) is 60.7 Å². The molecule has 3 aromatic carbocycles. The van der Waals surface area contributed by atoms with Crippen molar-refractivity contribution >= 4 is 29.2 Å². The van der Waals surface area contributed by atoms with Crippen LogP contribution in [0.2, 0.25) is 10.0 Å². The van der Waals surface area contributed by atoms with Crippen LogP contribution in [0.5, 0.6) is 5.75 Å². The number of aliphatic carboxylic acids is 1. The lowest BCUT2D eigenvalue weighted by Gasteiger charge is -2.24. The van der Waals surface area contributed by atoms with E-state index in [9.17, 15) is 28.9 Å².